The fraction of sp³-hybridized carbons (Fsp3) is 0.308. The van der Waals surface area contributed by atoms with Gasteiger partial charge in [0.15, 0.2) is 0 Å². The number of hydrogen-bond acceptors (Lipinski definition) is 5. The van der Waals surface area contributed by atoms with Gasteiger partial charge >= 0.3 is 0 Å². The van der Waals surface area contributed by atoms with Crippen LogP contribution in [0.5, 0.6) is 0 Å². The van der Waals surface area contributed by atoms with Crippen molar-refractivity contribution >= 4 is 23.1 Å². The van der Waals surface area contributed by atoms with Crippen molar-refractivity contribution in [2.45, 2.75) is 26.3 Å². The molecule has 2 aromatic rings. The van der Waals surface area contributed by atoms with E-state index in [0.29, 0.717) is 12.2 Å². The third kappa shape index (κ3) is 3.36. The van der Waals surface area contributed by atoms with Gasteiger partial charge in [0, 0.05) is 22.8 Å². The van der Waals surface area contributed by atoms with E-state index in [-0.39, 0.29) is 5.91 Å². The summed E-state index contributed by atoms with van der Waals surface area (Å²) in [6, 6.07) is 3.40. The quantitative estimate of drug-likeness (QED) is 0.897. The zero-order valence-corrected chi connectivity index (χ0v) is 11.7. The molecule has 3 N–H and O–H groups in total. The fourth-order valence-corrected chi connectivity index (χ4v) is 2.21. The number of aromatic nitrogens is 2. The highest BCUT2D eigenvalue weighted by Gasteiger charge is 2.13. The fourth-order valence-electron chi connectivity index (χ4n) is 1.46. The molecule has 0 unspecified atom stereocenters. The van der Waals surface area contributed by atoms with Crippen molar-refractivity contribution in [1.82, 2.24) is 9.97 Å². The van der Waals surface area contributed by atoms with Crippen LogP contribution in [0.25, 0.3) is 10.6 Å². The molecule has 5 nitrogen and oxygen atoms in total. The van der Waals surface area contributed by atoms with Crippen LogP contribution in [-0.2, 0) is 4.79 Å². The molecule has 2 rings (SSSR count). The Bertz CT molecular complexity index is 564. The van der Waals surface area contributed by atoms with Crippen molar-refractivity contribution in [3.05, 3.63) is 29.4 Å². The second-order valence-corrected chi connectivity index (χ2v) is 5.09. The zero-order chi connectivity index (χ0) is 13.8. The Hall–Kier alpha value is -1.79. The van der Waals surface area contributed by atoms with Gasteiger partial charge in [-0.1, -0.05) is 6.92 Å². The van der Waals surface area contributed by atoms with E-state index in [2.05, 4.69) is 15.3 Å². The van der Waals surface area contributed by atoms with Crippen LogP contribution in [0.3, 0.4) is 0 Å². The number of thiazole rings is 1. The molecule has 100 valence electrons. The number of nitrogens with zero attached hydrogens (tertiary/aromatic N) is 2. The molecule has 0 fully saturated rings. The summed E-state index contributed by atoms with van der Waals surface area (Å²) in [7, 11) is 0. The lowest BCUT2D eigenvalue weighted by molar-refractivity contribution is -0.117. The number of pyridine rings is 1. The average Bonchev–Trinajstić information content (AvgIpc) is 2.87. The number of carbonyl (C=O) groups is 1. The van der Waals surface area contributed by atoms with Gasteiger partial charge in [-0.05, 0) is 25.5 Å². The summed E-state index contributed by atoms with van der Waals surface area (Å²) in [5.74, 6) is 0.329. The SMILES string of the molecule is CC[C@H](N)C(=O)Nc1csc(-c2ccc(C)nc2)n1. The molecule has 1 atom stereocenters. The maximum Gasteiger partial charge on any atom is 0.242 e. The maximum atomic E-state index is 11.7. The van der Waals surface area contributed by atoms with Crippen molar-refractivity contribution in [2.24, 2.45) is 5.73 Å². The second-order valence-electron chi connectivity index (χ2n) is 4.23. The third-order valence-electron chi connectivity index (χ3n) is 2.69. The van der Waals surface area contributed by atoms with Crippen molar-refractivity contribution in [1.29, 1.82) is 0 Å². The standard InChI is InChI=1S/C13H16N4OS/c1-3-10(14)12(18)16-11-7-19-13(17-11)9-5-4-8(2)15-6-9/h4-7,10H,3,14H2,1-2H3,(H,16,18)/t10-/m0/s1. The largest absolute Gasteiger partial charge is 0.320 e. The number of rotatable bonds is 4. The summed E-state index contributed by atoms with van der Waals surface area (Å²) in [6.07, 6.45) is 2.38. The molecule has 0 aliphatic heterocycles. The molecule has 0 saturated heterocycles. The van der Waals surface area contributed by atoms with E-state index >= 15 is 0 Å². The third-order valence-corrected chi connectivity index (χ3v) is 3.58. The zero-order valence-electron chi connectivity index (χ0n) is 10.9. The predicted octanol–water partition coefficient (Wildman–Crippen LogP) is 2.19. The first kappa shape index (κ1) is 13.6. The van der Waals surface area contributed by atoms with Gasteiger partial charge in [0.2, 0.25) is 5.91 Å². The average molecular weight is 276 g/mol. The van der Waals surface area contributed by atoms with Crippen LogP contribution >= 0.6 is 11.3 Å². The highest BCUT2D eigenvalue weighted by molar-refractivity contribution is 7.13. The summed E-state index contributed by atoms with van der Waals surface area (Å²) in [5.41, 5.74) is 7.55. The number of aryl methyl sites for hydroxylation is 1. The number of hydrogen-bond donors (Lipinski definition) is 2. The molecular weight excluding hydrogens is 260 g/mol. The van der Waals surface area contributed by atoms with Crippen LogP contribution in [0.15, 0.2) is 23.7 Å². The Labute approximate surface area is 115 Å². The number of amides is 1. The molecule has 2 heterocycles. The first-order valence-electron chi connectivity index (χ1n) is 6.05. The van der Waals surface area contributed by atoms with E-state index in [1.807, 2.05) is 26.0 Å². The van der Waals surface area contributed by atoms with Gasteiger partial charge < -0.3 is 11.1 Å². The normalized spacial score (nSPS) is 12.2. The lowest BCUT2D eigenvalue weighted by Gasteiger charge is -2.07. The molecule has 6 heteroatoms. The van der Waals surface area contributed by atoms with Gasteiger partial charge in [-0.3, -0.25) is 9.78 Å². The summed E-state index contributed by atoms with van der Waals surface area (Å²) in [6.45, 7) is 3.80. The van der Waals surface area contributed by atoms with E-state index in [1.54, 1.807) is 11.6 Å². The van der Waals surface area contributed by atoms with E-state index in [4.69, 9.17) is 5.73 Å². The Morgan fingerprint density at radius 1 is 1.53 bits per heavy atom. The maximum absolute atomic E-state index is 11.7. The Balaban J connectivity index is 2.11. The molecule has 19 heavy (non-hydrogen) atoms. The predicted molar refractivity (Wildman–Crippen MR) is 77.0 cm³/mol. The van der Waals surface area contributed by atoms with Crippen molar-refractivity contribution in [3.8, 4) is 10.6 Å². The number of carbonyl (C=O) groups excluding carboxylic acids is 1. The van der Waals surface area contributed by atoms with E-state index < -0.39 is 6.04 Å². The Kier molecular flexibility index (Phi) is 4.24. The molecule has 0 bridgehead atoms. The first-order valence-corrected chi connectivity index (χ1v) is 6.93. The molecule has 2 aromatic heterocycles. The minimum Gasteiger partial charge on any atom is -0.320 e. The first-order chi connectivity index (χ1) is 9.10. The molecule has 0 spiro atoms. The minimum atomic E-state index is -0.494. The summed E-state index contributed by atoms with van der Waals surface area (Å²) < 4.78 is 0. The minimum absolute atomic E-state index is 0.207. The van der Waals surface area contributed by atoms with E-state index in [1.165, 1.54) is 11.3 Å². The van der Waals surface area contributed by atoms with Gasteiger partial charge in [-0.25, -0.2) is 4.98 Å². The summed E-state index contributed by atoms with van der Waals surface area (Å²) in [5, 5.41) is 5.34. The van der Waals surface area contributed by atoms with Crippen LogP contribution in [0.1, 0.15) is 19.0 Å². The van der Waals surface area contributed by atoms with Gasteiger partial charge in [0.1, 0.15) is 10.8 Å². The number of nitrogens with two attached hydrogens (primary N) is 1. The van der Waals surface area contributed by atoms with Gasteiger partial charge in [0.25, 0.3) is 0 Å². The Morgan fingerprint density at radius 2 is 2.32 bits per heavy atom. The van der Waals surface area contributed by atoms with Crippen molar-refractivity contribution < 1.29 is 4.79 Å². The lowest BCUT2D eigenvalue weighted by atomic mass is 10.2. The lowest BCUT2D eigenvalue weighted by Crippen LogP contribution is -2.34. The highest BCUT2D eigenvalue weighted by atomic mass is 32.1. The van der Waals surface area contributed by atoms with Gasteiger partial charge in [-0.15, -0.1) is 11.3 Å². The second kappa shape index (κ2) is 5.90. The van der Waals surface area contributed by atoms with Crippen LogP contribution < -0.4 is 11.1 Å². The van der Waals surface area contributed by atoms with Gasteiger partial charge in [0.05, 0.1) is 6.04 Å². The molecule has 0 aromatic carbocycles. The molecule has 0 radical (unpaired) electrons. The van der Waals surface area contributed by atoms with Crippen LogP contribution in [0.2, 0.25) is 0 Å². The van der Waals surface area contributed by atoms with E-state index in [0.717, 1.165) is 16.3 Å². The monoisotopic (exact) mass is 276 g/mol. The molecule has 0 aliphatic rings. The number of anilines is 1. The Morgan fingerprint density at radius 3 is 2.95 bits per heavy atom. The van der Waals surface area contributed by atoms with Crippen molar-refractivity contribution in [3.63, 3.8) is 0 Å². The highest BCUT2D eigenvalue weighted by Crippen LogP contribution is 2.25. The van der Waals surface area contributed by atoms with Crippen LogP contribution in [0.4, 0.5) is 5.82 Å². The molecular formula is C13H16N4OS. The molecule has 1 amide bonds. The van der Waals surface area contributed by atoms with Crippen LogP contribution in [-0.4, -0.2) is 21.9 Å². The van der Waals surface area contributed by atoms with Crippen LogP contribution in [0, 0.1) is 6.92 Å². The molecule has 0 saturated carbocycles. The van der Waals surface area contributed by atoms with Gasteiger partial charge in [-0.2, -0.15) is 0 Å². The smallest absolute Gasteiger partial charge is 0.242 e. The van der Waals surface area contributed by atoms with E-state index in [9.17, 15) is 4.79 Å². The molecule has 0 aliphatic carbocycles. The van der Waals surface area contributed by atoms with Crippen molar-refractivity contribution in [2.75, 3.05) is 5.32 Å². The summed E-state index contributed by atoms with van der Waals surface area (Å²) >= 11 is 1.46. The topological polar surface area (TPSA) is 80.9 Å². The number of nitrogens with one attached hydrogen (secondary N) is 1. The summed E-state index contributed by atoms with van der Waals surface area (Å²) in [4.78, 5) is 20.2.